The fourth-order valence-electron chi connectivity index (χ4n) is 24.6. The highest BCUT2D eigenvalue weighted by Gasteiger charge is 2.54. The average Bonchev–Trinajstić information content (AvgIpc) is 0.764. The third kappa shape index (κ3) is 24.5. The summed E-state index contributed by atoms with van der Waals surface area (Å²) in [6, 6.07) is 0. The maximum absolute atomic E-state index is 7.37. The van der Waals surface area contributed by atoms with Crippen LogP contribution in [0.4, 0.5) is 0 Å². The normalized spacial score (nSPS) is 28.9. The van der Waals surface area contributed by atoms with Gasteiger partial charge in [-0.25, -0.2) is 36.2 Å². The van der Waals surface area contributed by atoms with Crippen LogP contribution in [0.3, 0.4) is 0 Å². The van der Waals surface area contributed by atoms with Gasteiger partial charge in [0, 0.05) is 209 Å². The van der Waals surface area contributed by atoms with E-state index in [-0.39, 0.29) is 137 Å². The summed E-state index contributed by atoms with van der Waals surface area (Å²) in [5, 5.41) is 26.0. The maximum Gasteiger partial charge on any atom is 0.239 e. The molecule has 12 aliphatic rings. The van der Waals surface area contributed by atoms with E-state index in [1.54, 1.807) is 21.1 Å². The van der Waals surface area contributed by atoms with Gasteiger partial charge in [0.1, 0.15) is 47.7 Å². The Labute approximate surface area is 798 Å². The Kier molecular flexibility index (Phi) is 30.0. The zero-order valence-corrected chi connectivity index (χ0v) is 90.2. The SMILES string of the molecule is CN1C(C)(C)CC(OC2=CC(=NCCCN(CCN(CCCNC3=CC(OC4CC(C)(C)N(C)C(C)(C)C4)=NN(OC4CC(C)(C)N(C)C(C)(C)C4)N3)C3=CC(OC4CC(C)(C)N(C)C(C)(C)C4)=NN(OC4CC(C)(C)N(C)C(C)(C)C4)N3)C3=CC(OC4CC(C)(C)N(C)C(C)(C)C4)=NN(OC4CC(C)(C)N(C)C(C)(C)C4)N3)NN(OC3CC(C)(C)N(C)C(C)(C)C3)N2)CC1(C)C. The molecule has 754 valence electrons. The summed E-state index contributed by atoms with van der Waals surface area (Å²) in [6.45, 7) is 77.1. The van der Waals surface area contributed by atoms with Crippen molar-refractivity contribution in [1.29, 1.82) is 0 Å². The highest BCUT2D eigenvalue weighted by atomic mass is 16.8. The number of hydrogen-bond acceptors (Lipinski definition) is 31. The van der Waals surface area contributed by atoms with Crippen LogP contribution in [0.5, 0.6) is 0 Å². The lowest BCUT2D eigenvalue weighted by molar-refractivity contribution is -0.275. The lowest BCUT2D eigenvalue weighted by Gasteiger charge is -2.54. The molecule has 0 radical (unpaired) electrons. The van der Waals surface area contributed by atoms with Crippen LogP contribution < -0.4 is 32.4 Å². The average molecular weight is 1850 g/mol. The van der Waals surface area contributed by atoms with Crippen molar-refractivity contribution in [3.05, 3.63) is 47.7 Å². The molecule has 0 aromatic carbocycles. The molecule has 8 fully saturated rings. The minimum absolute atomic E-state index is 0.0748. The van der Waals surface area contributed by atoms with Crippen LogP contribution in [0.25, 0.3) is 0 Å². The molecule has 12 heterocycles. The lowest BCUT2D eigenvalue weighted by Crippen LogP contribution is -2.63. The van der Waals surface area contributed by atoms with Crippen molar-refractivity contribution >= 4 is 23.5 Å². The second-order valence-corrected chi connectivity index (χ2v) is 51.6. The van der Waals surface area contributed by atoms with Crippen molar-refractivity contribution in [2.75, 3.05) is 95.6 Å². The third-order valence-corrected chi connectivity index (χ3v) is 34.1. The number of rotatable bonds is 27. The number of amidine groups is 1. The molecule has 32 nitrogen and oxygen atoms in total. The molecule has 32 heteroatoms. The first-order valence-electron chi connectivity index (χ1n) is 50.1. The molecule has 6 N–H and O–H groups in total. The van der Waals surface area contributed by atoms with Crippen LogP contribution in [0.1, 0.15) is 337 Å². The highest BCUT2D eigenvalue weighted by Crippen LogP contribution is 2.48. The number of likely N-dealkylation sites (tertiary alicyclic amines) is 8. The summed E-state index contributed by atoms with van der Waals surface area (Å²) in [5.74, 6) is 4.94. The minimum atomic E-state index is -0.194. The van der Waals surface area contributed by atoms with Gasteiger partial charge < -0.3 is 34.1 Å². The minimum Gasteiger partial charge on any atom is -0.475 e. The van der Waals surface area contributed by atoms with Gasteiger partial charge in [-0.1, -0.05) is 31.1 Å². The van der Waals surface area contributed by atoms with Gasteiger partial charge in [0.2, 0.25) is 23.6 Å². The second kappa shape index (κ2) is 37.7. The van der Waals surface area contributed by atoms with Gasteiger partial charge in [-0.3, -0.25) is 54.5 Å². The van der Waals surface area contributed by atoms with Crippen LogP contribution in [-0.2, 0) is 38.3 Å². The monoisotopic (exact) mass is 1850 g/mol. The number of ether oxygens (including phenoxy) is 4. The largest absolute Gasteiger partial charge is 0.475 e. The van der Waals surface area contributed by atoms with E-state index in [2.05, 4.69) is 372 Å². The van der Waals surface area contributed by atoms with Gasteiger partial charge in [-0.15, -0.1) is 0 Å². The Morgan fingerprint density at radius 1 is 0.295 bits per heavy atom. The van der Waals surface area contributed by atoms with Gasteiger partial charge in [0.25, 0.3) is 0 Å². The van der Waals surface area contributed by atoms with Crippen LogP contribution in [0, 0.1) is 0 Å². The fourth-order valence-corrected chi connectivity index (χ4v) is 24.6. The summed E-state index contributed by atoms with van der Waals surface area (Å²) < 4.78 is 29.0. The predicted molar refractivity (Wildman–Crippen MR) is 531 cm³/mol. The molecule has 0 amide bonds. The quantitative estimate of drug-likeness (QED) is 0.0419. The molecule has 0 saturated carbocycles. The molecule has 0 spiro atoms. The summed E-state index contributed by atoms with van der Waals surface area (Å²) in [7, 11) is 17.9. The van der Waals surface area contributed by atoms with Crippen molar-refractivity contribution < 1.29 is 38.3 Å². The summed E-state index contributed by atoms with van der Waals surface area (Å²) in [4.78, 5) is 58.8. The molecule has 0 aliphatic carbocycles. The Morgan fingerprint density at radius 3 is 0.841 bits per heavy atom. The van der Waals surface area contributed by atoms with E-state index >= 15 is 0 Å². The summed E-state index contributed by atoms with van der Waals surface area (Å²) >= 11 is 0. The first-order valence-corrected chi connectivity index (χ1v) is 50.1. The Hall–Kier alpha value is -5.88. The Morgan fingerprint density at radius 2 is 0.545 bits per heavy atom. The number of nitrogens with one attached hydrogen (secondary N) is 6. The maximum atomic E-state index is 7.37. The molecule has 12 rings (SSSR count). The summed E-state index contributed by atoms with van der Waals surface area (Å²) in [6.07, 6.45) is 21.3. The number of hydrazine groups is 5. The Bertz CT molecular complexity index is 4120. The third-order valence-electron chi connectivity index (χ3n) is 34.1. The molecule has 12 aliphatic heterocycles. The van der Waals surface area contributed by atoms with Crippen molar-refractivity contribution in [2.24, 2.45) is 20.3 Å². The van der Waals surface area contributed by atoms with Crippen molar-refractivity contribution in [2.45, 2.75) is 475 Å². The lowest BCUT2D eigenvalue weighted by atomic mass is 9.79. The molecule has 0 unspecified atom stereocenters. The fraction of sp³-hybridized carbons (Fsp3) is 0.880. The van der Waals surface area contributed by atoms with Crippen LogP contribution in [0.15, 0.2) is 67.9 Å². The number of nitrogens with zero attached hydrogens (tertiary/aromatic N) is 18. The molecule has 0 aromatic rings. The van der Waals surface area contributed by atoms with Gasteiger partial charge in [-0.2, -0.15) is 0 Å². The van der Waals surface area contributed by atoms with E-state index in [9.17, 15) is 0 Å². The summed E-state index contributed by atoms with van der Waals surface area (Å²) in [5.41, 5.74) is 16.0. The molecule has 0 aromatic heterocycles. The van der Waals surface area contributed by atoms with E-state index in [4.69, 9.17) is 58.6 Å². The van der Waals surface area contributed by atoms with E-state index in [1.807, 2.05) is 12.2 Å². The van der Waals surface area contributed by atoms with E-state index < -0.39 is 0 Å². The molecule has 8 saturated heterocycles. The van der Waals surface area contributed by atoms with Gasteiger partial charge >= 0.3 is 0 Å². The van der Waals surface area contributed by atoms with Crippen molar-refractivity contribution in [1.82, 2.24) is 103 Å². The topological polar surface area (TPSA) is 241 Å². The molecule has 132 heavy (non-hydrogen) atoms. The van der Waals surface area contributed by atoms with E-state index in [0.717, 1.165) is 120 Å². The van der Waals surface area contributed by atoms with Crippen LogP contribution >= 0.6 is 0 Å². The van der Waals surface area contributed by atoms with Gasteiger partial charge in [0.05, 0.1) is 24.4 Å². The predicted octanol–water partition coefficient (Wildman–Crippen LogP) is 14.5. The smallest absolute Gasteiger partial charge is 0.239 e. The zero-order valence-electron chi connectivity index (χ0n) is 90.2. The molecule has 0 bridgehead atoms. The Balaban J connectivity index is 0.924. The van der Waals surface area contributed by atoms with Crippen LogP contribution in [-0.4, -0.2) is 327 Å². The zero-order chi connectivity index (χ0) is 97.8. The molecule has 0 atom stereocenters. The number of hydrogen-bond donors (Lipinski definition) is 6. The van der Waals surface area contributed by atoms with Gasteiger partial charge in [0.15, 0.2) is 0 Å². The first kappa shape index (κ1) is 105. The van der Waals surface area contributed by atoms with E-state index in [0.29, 0.717) is 81.5 Å². The van der Waals surface area contributed by atoms with Gasteiger partial charge in [-0.05, 0) is 342 Å². The first-order chi connectivity index (χ1) is 60.4. The molecular formula is C100H186N24O8. The highest BCUT2D eigenvalue weighted by molar-refractivity contribution is 5.93. The standard InChI is InChI=1S/C100H186N24O8/c1-85(2)53-69(54-86(3,4)111(85)33)125-81-49-77(103-121(107-81)129-73-61-93(17,18)115(37)94(19,20)62-73)101-43-41-45-119(79-51-83(127-71-57-89(9,10)113(35)90(11,12)58-71)109-123(105-79)131-75-65-97(25,26)117(39)98(27,28)66-75)47-48-120(80-52-84(128-72-59-91(13,14)114(36)92(15,16)60-72)110-124(106-80)132-76-67-99(29,30)118(40)100(31,32)68-76)46-42-44-102-78-50-82(126-70-55-87(5,6)112(34)88(7,8)56-70)108-122(104-78)130-74-63-95(21,22)116(38)96(23,24)64-74/h49-52,69-76,101,103,105-106,108H,41-48,53-68H2,1-40H3,(H,102,104). The number of piperidine rings is 8. The van der Waals surface area contributed by atoms with Crippen LogP contribution in [0.2, 0.25) is 0 Å². The molecular weight excluding hydrogens is 1670 g/mol. The van der Waals surface area contributed by atoms with E-state index in [1.165, 1.54) is 0 Å². The number of hydrazone groups is 3. The van der Waals surface area contributed by atoms with Crippen molar-refractivity contribution in [3.8, 4) is 0 Å². The second-order valence-electron chi connectivity index (χ2n) is 51.6. The number of aliphatic imine (C=N–C) groups is 1. The van der Waals surface area contributed by atoms with Crippen molar-refractivity contribution in [3.63, 3.8) is 0 Å².